The van der Waals surface area contributed by atoms with E-state index < -0.39 is 0 Å². The molecule has 3 aromatic heterocycles. The highest BCUT2D eigenvalue weighted by Gasteiger charge is 2.17. The highest BCUT2D eigenvalue weighted by Crippen LogP contribution is 2.37. The van der Waals surface area contributed by atoms with Gasteiger partial charge in [0.1, 0.15) is 6.26 Å². The molecule has 35 heavy (non-hydrogen) atoms. The van der Waals surface area contributed by atoms with Crippen LogP contribution < -0.4 is 10.6 Å². The van der Waals surface area contributed by atoms with Crippen molar-refractivity contribution in [2.45, 2.75) is 6.92 Å². The Morgan fingerprint density at radius 2 is 1.89 bits per heavy atom. The third-order valence-electron chi connectivity index (χ3n) is 6.11. The van der Waals surface area contributed by atoms with E-state index in [0.717, 1.165) is 50.0 Å². The fourth-order valence-electron chi connectivity index (χ4n) is 4.47. The molecule has 8 nitrogen and oxygen atoms in total. The molecule has 0 fully saturated rings. The van der Waals surface area contributed by atoms with E-state index in [-0.39, 0.29) is 0 Å². The first kappa shape index (κ1) is 20.9. The van der Waals surface area contributed by atoms with Gasteiger partial charge in [-0.05, 0) is 54.4 Å². The van der Waals surface area contributed by atoms with E-state index in [0.29, 0.717) is 11.8 Å². The normalized spacial score (nSPS) is 11.3. The lowest BCUT2D eigenvalue weighted by atomic mass is 9.96. The minimum absolute atomic E-state index is 0.583. The Morgan fingerprint density at radius 3 is 2.71 bits per heavy atom. The number of anilines is 3. The predicted molar refractivity (Wildman–Crippen MR) is 139 cm³/mol. The summed E-state index contributed by atoms with van der Waals surface area (Å²) in [5.74, 6) is 1.98. The van der Waals surface area contributed by atoms with Gasteiger partial charge in [-0.1, -0.05) is 18.2 Å². The lowest BCUT2D eigenvalue weighted by molar-refractivity contribution is 0.574. The molecule has 0 aliphatic carbocycles. The second-order valence-electron chi connectivity index (χ2n) is 8.39. The molecule has 0 atom stereocenters. The zero-order valence-electron chi connectivity index (χ0n) is 19.6. The molecule has 3 heterocycles. The Balaban J connectivity index is 1.44. The average Bonchev–Trinajstić information content (AvgIpc) is 3.52. The first-order chi connectivity index (χ1) is 17.1. The molecule has 2 N–H and O–H groups in total. The van der Waals surface area contributed by atoms with Crippen molar-refractivity contribution in [3.05, 3.63) is 78.8 Å². The number of oxazole rings is 1. The summed E-state index contributed by atoms with van der Waals surface area (Å²) in [5, 5.41) is 13.3. The van der Waals surface area contributed by atoms with Gasteiger partial charge in [-0.15, -0.1) is 0 Å². The molecule has 0 unspecified atom stereocenters. The average molecular weight is 462 g/mol. The summed E-state index contributed by atoms with van der Waals surface area (Å²) in [4.78, 5) is 13.2. The van der Waals surface area contributed by atoms with Crippen molar-refractivity contribution in [3.63, 3.8) is 0 Å². The number of nitrogens with one attached hydrogen (secondary N) is 2. The van der Waals surface area contributed by atoms with Crippen LogP contribution in [0.15, 0.2) is 77.7 Å². The molecular formula is C27H23N7O. The number of aryl methyl sites for hydroxylation is 2. The van der Waals surface area contributed by atoms with Crippen LogP contribution in [0.1, 0.15) is 5.56 Å². The molecule has 0 amide bonds. The Hall–Kier alpha value is -4.72. The van der Waals surface area contributed by atoms with Crippen LogP contribution in [0.5, 0.6) is 0 Å². The molecule has 3 aromatic carbocycles. The number of hydrogen-bond acceptors (Lipinski definition) is 7. The zero-order chi connectivity index (χ0) is 23.9. The SMILES string of the molecule is CNc1ncc2cc(-c3c(C)ccc4c(Nc5cccc(-c6ncco6)c5)nn(C)c34)ccc2n1. The van der Waals surface area contributed by atoms with Crippen LogP contribution in [0.25, 0.3) is 44.4 Å². The van der Waals surface area contributed by atoms with E-state index >= 15 is 0 Å². The summed E-state index contributed by atoms with van der Waals surface area (Å²) >= 11 is 0. The van der Waals surface area contributed by atoms with E-state index in [4.69, 9.17) is 9.52 Å². The van der Waals surface area contributed by atoms with Crippen molar-refractivity contribution in [1.82, 2.24) is 24.7 Å². The first-order valence-corrected chi connectivity index (χ1v) is 11.3. The topological polar surface area (TPSA) is 93.7 Å². The molecule has 0 radical (unpaired) electrons. The quantitative estimate of drug-likeness (QED) is 0.328. The molecule has 172 valence electrons. The summed E-state index contributed by atoms with van der Waals surface area (Å²) in [6.45, 7) is 2.12. The summed E-state index contributed by atoms with van der Waals surface area (Å²) in [6, 6.07) is 18.5. The van der Waals surface area contributed by atoms with Gasteiger partial charge in [0.2, 0.25) is 11.8 Å². The Morgan fingerprint density at radius 1 is 0.971 bits per heavy atom. The molecule has 6 rings (SSSR count). The summed E-state index contributed by atoms with van der Waals surface area (Å²) in [6.07, 6.45) is 5.07. The third-order valence-corrected chi connectivity index (χ3v) is 6.11. The molecule has 0 aliphatic rings. The molecule has 0 saturated heterocycles. The van der Waals surface area contributed by atoms with Crippen molar-refractivity contribution < 1.29 is 4.42 Å². The van der Waals surface area contributed by atoms with E-state index in [1.165, 1.54) is 5.56 Å². The van der Waals surface area contributed by atoms with Crippen molar-refractivity contribution >= 4 is 39.3 Å². The predicted octanol–water partition coefficient (Wildman–Crippen LogP) is 5.93. The van der Waals surface area contributed by atoms with E-state index in [2.05, 4.69) is 56.8 Å². The molecular weight excluding hydrogens is 438 g/mol. The molecule has 0 aliphatic heterocycles. The van der Waals surface area contributed by atoms with Gasteiger partial charge in [0, 0.05) is 47.9 Å². The largest absolute Gasteiger partial charge is 0.445 e. The summed E-state index contributed by atoms with van der Waals surface area (Å²) in [5.41, 5.74) is 7.17. The summed E-state index contributed by atoms with van der Waals surface area (Å²) < 4.78 is 7.38. The Bertz CT molecular complexity index is 1690. The van der Waals surface area contributed by atoms with Gasteiger partial charge in [0.25, 0.3) is 0 Å². The maximum Gasteiger partial charge on any atom is 0.225 e. The van der Waals surface area contributed by atoms with Gasteiger partial charge in [-0.25, -0.2) is 15.0 Å². The van der Waals surface area contributed by atoms with Gasteiger partial charge < -0.3 is 15.1 Å². The second kappa shape index (κ2) is 8.25. The van der Waals surface area contributed by atoms with Crippen LogP contribution in [0.3, 0.4) is 0 Å². The minimum atomic E-state index is 0.583. The van der Waals surface area contributed by atoms with E-state index in [9.17, 15) is 0 Å². The van der Waals surface area contributed by atoms with E-state index in [1.54, 1.807) is 12.5 Å². The molecule has 0 spiro atoms. The number of benzene rings is 3. The monoisotopic (exact) mass is 461 g/mol. The minimum Gasteiger partial charge on any atom is -0.445 e. The van der Waals surface area contributed by atoms with Crippen molar-refractivity contribution in [1.29, 1.82) is 0 Å². The molecule has 0 saturated carbocycles. The van der Waals surface area contributed by atoms with Gasteiger partial charge in [-0.2, -0.15) is 5.10 Å². The summed E-state index contributed by atoms with van der Waals surface area (Å²) in [7, 11) is 3.79. The zero-order valence-corrected chi connectivity index (χ0v) is 19.6. The number of hydrogen-bond donors (Lipinski definition) is 2. The lowest BCUT2D eigenvalue weighted by Gasteiger charge is -2.11. The fourth-order valence-corrected chi connectivity index (χ4v) is 4.47. The van der Waals surface area contributed by atoms with Crippen molar-refractivity contribution in [2.75, 3.05) is 17.7 Å². The maximum absolute atomic E-state index is 5.45. The van der Waals surface area contributed by atoms with Gasteiger partial charge >= 0.3 is 0 Å². The lowest BCUT2D eigenvalue weighted by Crippen LogP contribution is -1.97. The highest BCUT2D eigenvalue weighted by molar-refractivity contribution is 6.03. The van der Waals surface area contributed by atoms with Gasteiger partial charge in [-0.3, -0.25) is 4.68 Å². The van der Waals surface area contributed by atoms with Crippen LogP contribution >= 0.6 is 0 Å². The Labute approximate surface area is 201 Å². The second-order valence-corrected chi connectivity index (χ2v) is 8.39. The van der Waals surface area contributed by atoms with Crippen LogP contribution in [-0.4, -0.2) is 31.8 Å². The Kier molecular flexibility index (Phi) is 4.92. The van der Waals surface area contributed by atoms with Crippen LogP contribution in [-0.2, 0) is 7.05 Å². The van der Waals surface area contributed by atoms with Gasteiger partial charge in [0.05, 0.1) is 17.2 Å². The smallest absolute Gasteiger partial charge is 0.225 e. The molecule has 8 heteroatoms. The number of rotatable bonds is 5. The standard InChI is InChI=1S/C27H23N7O/c1-16-7-9-21-24(23(16)17-8-10-22-19(13-17)15-30-27(28-2)32-22)34(3)33-25(21)31-20-6-4-5-18(14-20)26-29-11-12-35-26/h4-15H,1-3H3,(H,31,33)(H,28,30,32). The van der Waals surface area contributed by atoms with Crippen LogP contribution in [0.4, 0.5) is 17.5 Å². The van der Waals surface area contributed by atoms with Crippen molar-refractivity contribution in [3.8, 4) is 22.6 Å². The highest BCUT2D eigenvalue weighted by atomic mass is 16.3. The van der Waals surface area contributed by atoms with Gasteiger partial charge in [0.15, 0.2) is 5.82 Å². The molecule has 0 bridgehead atoms. The van der Waals surface area contributed by atoms with Crippen molar-refractivity contribution in [2.24, 2.45) is 7.05 Å². The maximum atomic E-state index is 5.45. The number of nitrogens with zero attached hydrogens (tertiary/aromatic N) is 5. The van der Waals surface area contributed by atoms with Crippen LogP contribution in [0.2, 0.25) is 0 Å². The fraction of sp³-hybridized carbons (Fsp3) is 0.111. The number of fused-ring (bicyclic) bond motifs is 2. The molecule has 6 aromatic rings. The third kappa shape index (κ3) is 3.65. The first-order valence-electron chi connectivity index (χ1n) is 11.3. The van der Waals surface area contributed by atoms with E-state index in [1.807, 2.05) is 55.3 Å². The number of aromatic nitrogens is 5. The van der Waals surface area contributed by atoms with Crippen LogP contribution in [0, 0.1) is 6.92 Å².